The van der Waals surface area contributed by atoms with Crippen molar-refractivity contribution < 1.29 is 13.9 Å². The Morgan fingerprint density at radius 1 is 1.24 bits per heavy atom. The average Bonchev–Trinajstić information content (AvgIpc) is 3.51. The van der Waals surface area contributed by atoms with Crippen molar-refractivity contribution in [1.29, 1.82) is 0 Å². The van der Waals surface area contributed by atoms with Crippen molar-refractivity contribution in [2.75, 3.05) is 44.7 Å². The maximum absolute atomic E-state index is 13.1. The third-order valence-corrected chi connectivity index (χ3v) is 6.87. The van der Waals surface area contributed by atoms with Crippen LogP contribution in [0.4, 0.5) is 6.01 Å². The highest BCUT2D eigenvalue weighted by molar-refractivity contribution is 5.93. The lowest BCUT2D eigenvalue weighted by atomic mass is 9.90. The Balaban J connectivity index is 1.29. The number of carbonyl (C=O) groups is 1. The highest BCUT2D eigenvalue weighted by Crippen LogP contribution is 2.30. The number of likely N-dealkylation sites (N-methyl/N-ethyl adjacent to an activating group) is 1. The summed E-state index contributed by atoms with van der Waals surface area (Å²) in [6, 6.07) is 0.492. The zero-order valence-corrected chi connectivity index (χ0v) is 19.2. The summed E-state index contributed by atoms with van der Waals surface area (Å²) in [4.78, 5) is 30.5. The van der Waals surface area contributed by atoms with E-state index in [0.29, 0.717) is 18.5 Å². The summed E-state index contributed by atoms with van der Waals surface area (Å²) in [5, 5.41) is 3.04. The normalized spacial score (nSPS) is 20.4. The number of amides is 1. The SMILES string of the molecule is CN1CCN(c2nc(C(=O)NC(OCC3CCCCC3)C3=CCc4cncnc43)co2)CC1. The first-order valence-electron chi connectivity index (χ1n) is 12.0. The van der Waals surface area contributed by atoms with E-state index in [0.717, 1.165) is 49.4 Å². The number of piperazine rings is 1. The monoisotopic (exact) mass is 452 g/mol. The highest BCUT2D eigenvalue weighted by atomic mass is 16.5. The van der Waals surface area contributed by atoms with E-state index >= 15 is 0 Å². The van der Waals surface area contributed by atoms with Gasteiger partial charge in [-0.1, -0.05) is 25.3 Å². The zero-order valence-electron chi connectivity index (χ0n) is 19.2. The van der Waals surface area contributed by atoms with Crippen LogP contribution in [0, 0.1) is 5.92 Å². The molecule has 0 radical (unpaired) electrons. The Bertz CT molecular complexity index is 992. The molecule has 3 aliphatic rings. The van der Waals surface area contributed by atoms with E-state index in [1.165, 1.54) is 44.7 Å². The Morgan fingerprint density at radius 3 is 2.88 bits per heavy atom. The minimum absolute atomic E-state index is 0.261. The van der Waals surface area contributed by atoms with E-state index in [1.54, 1.807) is 0 Å². The number of hydrogen-bond donors (Lipinski definition) is 1. The fraction of sp³-hybridized carbons (Fsp3) is 0.583. The number of anilines is 1. The maximum atomic E-state index is 13.1. The van der Waals surface area contributed by atoms with Crippen LogP contribution < -0.4 is 10.2 Å². The van der Waals surface area contributed by atoms with Crippen LogP contribution in [0.15, 0.2) is 29.3 Å². The van der Waals surface area contributed by atoms with Crippen LogP contribution >= 0.6 is 0 Å². The molecule has 176 valence electrons. The Labute approximate surface area is 194 Å². The molecule has 33 heavy (non-hydrogen) atoms. The van der Waals surface area contributed by atoms with E-state index in [-0.39, 0.29) is 11.6 Å². The predicted octanol–water partition coefficient (Wildman–Crippen LogP) is 2.51. The molecular weight excluding hydrogens is 420 g/mol. The molecular formula is C24H32N6O3. The molecule has 2 aliphatic carbocycles. The van der Waals surface area contributed by atoms with Crippen molar-refractivity contribution >= 4 is 17.5 Å². The number of aromatic nitrogens is 3. The summed E-state index contributed by atoms with van der Waals surface area (Å²) in [5.41, 5.74) is 3.04. The number of hydrogen-bond acceptors (Lipinski definition) is 8. The average molecular weight is 453 g/mol. The summed E-state index contributed by atoms with van der Waals surface area (Å²) in [6.07, 6.45) is 13.2. The topological polar surface area (TPSA) is 96.6 Å². The van der Waals surface area contributed by atoms with Crippen molar-refractivity contribution in [3.8, 4) is 0 Å². The zero-order chi connectivity index (χ0) is 22.6. The molecule has 0 spiro atoms. The molecule has 9 nitrogen and oxygen atoms in total. The summed E-state index contributed by atoms with van der Waals surface area (Å²) < 4.78 is 12.0. The van der Waals surface area contributed by atoms with Crippen LogP contribution in [0.25, 0.3) is 5.57 Å². The van der Waals surface area contributed by atoms with Gasteiger partial charge in [-0.15, -0.1) is 0 Å². The van der Waals surface area contributed by atoms with Crippen LogP contribution in [0.1, 0.15) is 53.8 Å². The van der Waals surface area contributed by atoms with Crippen molar-refractivity contribution in [3.63, 3.8) is 0 Å². The van der Waals surface area contributed by atoms with Crippen molar-refractivity contribution in [3.05, 3.63) is 41.8 Å². The van der Waals surface area contributed by atoms with Crippen molar-refractivity contribution in [1.82, 2.24) is 25.2 Å². The Kier molecular flexibility index (Phi) is 6.68. The number of carbonyl (C=O) groups excluding carboxylic acids is 1. The largest absolute Gasteiger partial charge is 0.431 e. The number of ether oxygens (including phenoxy) is 1. The quantitative estimate of drug-likeness (QED) is 0.640. The molecule has 1 N–H and O–H groups in total. The molecule has 3 heterocycles. The lowest BCUT2D eigenvalue weighted by molar-refractivity contribution is 0.0318. The third-order valence-electron chi connectivity index (χ3n) is 6.87. The van der Waals surface area contributed by atoms with E-state index in [2.05, 4.69) is 43.2 Å². The van der Waals surface area contributed by atoms with Gasteiger partial charge in [-0.05, 0) is 32.2 Å². The van der Waals surface area contributed by atoms with Gasteiger partial charge in [-0.25, -0.2) is 9.97 Å². The lowest BCUT2D eigenvalue weighted by Crippen LogP contribution is -2.44. The minimum Gasteiger partial charge on any atom is -0.431 e. The van der Waals surface area contributed by atoms with E-state index in [1.807, 2.05) is 6.20 Å². The number of rotatable bonds is 7. The summed E-state index contributed by atoms with van der Waals surface area (Å²) in [6.45, 7) is 4.16. The van der Waals surface area contributed by atoms with Gasteiger partial charge in [0.15, 0.2) is 11.9 Å². The molecule has 9 heteroatoms. The third kappa shape index (κ3) is 5.09. The fourth-order valence-corrected chi connectivity index (χ4v) is 4.82. The van der Waals surface area contributed by atoms with Gasteiger partial charge in [0.2, 0.25) is 0 Å². The van der Waals surface area contributed by atoms with Gasteiger partial charge < -0.3 is 24.3 Å². The number of nitrogens with zero attached hydrogens (tertiary/aromatic N) is 5. The Hall–Kier alpha value is -2.78. The van der Waals surface area contributed by atoms with E-state index in [9.17, 15) is 4.79 Å². The number of fused-ring (bicyclic) bond motifs is 1. The summed E-state index contributed by atoms with van der Waals surface area (Å²) in [7, 11) is 2.10. The molecule has 2 aromatic heterocycles. The first-order chi connectivity index (χ1) is 16.2. The molecule has 2 fully saturated rings. The number of allylic oxidation sites excluding steroid dienone is 1. The summed E-state index contributed by atoms with van der Waals surface area (Å²) >= 11 is 0. The van der Waals surface area contributed by atoms with Gasteiger partial charge >= 0.3 is 0 Å². The van der Waals surface area contributed by atoms with Crippen molar-refractivity contribution in [2.24, 2.45) is 5.92 Å². The summed E-state index contributed by atoms with van der Waals surface area (Å²) in [5.74, 6) is 0.220. The van der Waals surface area contributed by atoms with Gasteiger partial charge in [0.05, 0.1) is 12.3 Å². The molecule has 1 amide bonds. The van der Waals surface area contributed by atoms with Crippen LogP contribution in [-0.4, -0.2) is 71.8 Å². The maximum Gasteiger partial charge on any atom is 0.298 e. The molecule has 1 unspecified atom stereocenters. The van der Waals surface area contributed by atoms with E-state index in [4.69, 9.17) is 9.15 Å². The molecule has 1 atom stereocenters. The molecule has 1 saturated carbocycles. The second-order valence-electron chi connectivity index (χ2n) is 9.26. The standard InChI is InChI=1S/C24H32N6O3/c1-29-9-11-30(12-10-29)24-27-20(15-33-24)22(31)28-23(32-14-17-5-3-2-4-6-17)19-8-7-18-13-25-16-26-21(18)19/h8,13,15-17,23H,2-7,9-12,14H2,1H3,(H,28,31). The molecule has 1 saturated heterocycles. The van der Waals surface area contributed by atoms with Crippen molar-refractivity contribution in [2.45, 2.75) is 44.8 Å². The smallest absolute Gasteiger partial charge is 0.298 e. The second kappa shape index (κ2) is 10.0. The molecule has 0 aromatic carbocycles. The highest BCUT2D eigenvalue weighted by Gasteiger charge is 2.29. The Morgan fingerprint density at radius 2 is 2.06 bits per heavy atom. The lowest BCUT2D eigenvalue weighted by Gasteiger charge is -2.31. The molecule has 5 rings (SSSR count). The first kappa shape index (κ1) is 22.0. The molecule has 0 bridgehead atoms. The van der Waals surface area contributed by atoms with Gasteiger partial charge in [0.25, 0.3) is 11.9 Å². The van der Waals surface area contributed by atoms with Gasteiger partial charge in [0.1, 0.15) is 12.6 Å². The van der Waals surface area contributed by atoms with E-state index < -0.39 is 6.23 Å². The predicted molar refractivity (Wildman–Crippen MR) is 124 cm³/mol. The molecule has 1 aliphatic heterocycles. The number of nitrogens with one attached hydrogen (secondary N) is 1. The van der Waals surface area contributed by atoms with Crippen LogP contribution in [0.5, 0.6) is 0 Å². The van der Waals surface area contributed by atoms with Crippen LogP contribution in [0.2, 0.25) is 0 Å². The van der Waals surface area contributed by atoms with Crippen LogP contribution in [0.3, 0.4) is 0 Å². The van der Waals surface area contributed by atoms with Crippen LogP contribution in [-0.2, 0) is 11.2 Å². The minimum atomic E-state index is -0.584. The first-order valence-corrected chi connectivity index (χ1v) is 12.0. The van der Waals surface area contributed by atoms with Gasteiger partial charge in [-0.3, -0.25) is 4.79 Å². The molecule has 2 aromatic rings. The van der Waals surface area contributed by atoms with Gasteiger partial charge in [-0.2, -0.15) is 4.98 Å². The van der Waals surface area contributed by atoms with Gasteiger partial charge in [0, 0.05) is 43.5 Å². The number of oxazole rings is 1. The second-order valence-corrected chi connectivity index (χ2v) is 9.26. The fourth-order valence-electron chi connectivity index (χ4n) is 4.82.